The monoisotopic (exact) mass is 427 g/mol. The highest BCUT2D eigenvalue weighted by molar-refractivity contribution is 6.36. The van der Waals surface area contributed by atoms with Crippen LogP contribution in [-0.2, 0) is 11.4 Å². The van der Waals surface area contributed by atoms with E-state index in [9.17, 15) is 4.79 Å². The lowest BCUT2D eigenvalue weighted by Gasteiger charge is -2.11. The number of benzene rings is 2. The van der Waals surface area contributed by atoms with Gasteiger partial charge in [-0.15, -0.1) is 0 Å². The molecule has 31 heavy (non-hydrogen) atoms. The zero-order valence-electron chi connectivity index (χ0n) is 16.5. The van der Waals surface area contributed by atoms with Crippen LogP contribution in [0.1, 0.15) is 16.8 Å². The number of fused-ring (bicyclic) bond motifs is 1. The number of pyridine rings is 2. The summed E-state index contributed by atoms with van der Waals surface area (Å²) in [5, 5.41) is 4.51. The molecule has 0 fully saturated rings. The number of carbonyl (C=O) groups excluding carboxylic acids is 1. The van der Waals surface area contributed by atoms with E-state index in [0.29, 0.717) is 29.5 Å². The average Bonchev–Trinajstić information content (AvgIpc) is 3.19. The van der Waals surface area contributed by atoms with Gasteiger partial charge in [-0.1, -0.05) is 35.9 Å². The Labute approximate surface area is 184 Å². The van der Waals surface area contributed by atoms with Crippen molar-refractivity contribution < 1.29 is 9.53 Å². The number of amides is 1. The van der Waals surface area contributed by atoms with E-state index < -0.39 is 0 Å². The molecule has 4 aromatic rings. The van der Waals surface area contributed by atoms with Gasteiger partial charge in [0, 0.05) is 24.3 Å². The van der Waals surface area contributed by atoms with Crippen LogP contribution >= 0.6 is 11.6 Å². The van der Waals surface area contributed by atoms with Gasteiger partial charge < -0.3 is 10.1 Å². The normalized spacial score (nSPS) is 13.5. The molecule has 5 nitrogen and oxygen atoms in total. The minimum Gasteiger partial charge on any atom is -0.487 e. The first kappa shape index (κ1) is 19.3. The van der Waals surface area contributed by atoms with Gasteiger partial charge in [-0.25, -0.2) is 4.98 Å². The summed E-state index contributed by atoms with van der Waals surface area (Å²) in [6.07, 6.45) is 3.34. The molecule has 0 atom stereocenters. The van der Waals surface area contributed by atoms with E-state index >= 15 is 0 Å². The lowest BCUT2D eigenvalue weighted by atomic mass is 9.97. The van der Waals surface area contributed by atoms with E-state index in [1.807, 2.05) is 60.7 Å². The van der Waals surface area contributed by atoms with E-state index in [2.05, 4.69) is 15.3 Å². The molecule has 0 spiro atoms. The van der Waals surface area contributed by atoms with Crippen LogP contribution in [0.25, 0.3) is 22.0 Å². The van der Waals surface area contributed by atoms with Crippen LogP contribution in [0.2, 0.25) is 5.02 Å². The van der Waals surface area contributed by atoms with Crippen LogP contribution in [-0.4, -0.2) is 22.4 Å². The van der Waals surface area contributed by atoms with Crippen LogP contribution in [0, 0.1) is 0 Å². The standard InChI is InChI=1S/C25H18ClN3O2/c26-22-13-19(31-15-18-6-5-16-3-1-2-4-23(16)29-18)7-8-20(22)21-14-28-25(30)24(21)17-9-11-27-12-10-17/h1-13H,14-15H2,(H,28,30). The molecule has 0 radical (unpaired) electrons. The molecular formula is C25H18ClN3O2. The van der Waals surface area contributed by atoms with Gasteiger partial charge in [0.25, 0.3) is 5.91 Å². The predicted octanol–water partition coefficient (Wildman–Crippen LogP) is 4.90. The maximum Gasteiger partial charge on any atom is 0.252 e. The predicted molar refractivity (Wildman–Crippen MR) is 122 cm³/mol. The Bertz CT molecular complexity index is 1320. The number of para-hydroxylation sites is 1. The third-order valence-electron chi connectivity index (χ3n) is 5.23. The Kier molecular flexibility index (Phi) is 5.10. The Morgan fingerprint density at radius 2 is 1.84 bits per heavy atom. The third kappa shape index (κ3) is 3.88. The number of nitrogens with zero attached hydrogens (tertiary/aromatic N) is 2. The summed E-state index contributed by atoms with van der Waals surface area (Å²) in [6, 6.07) is 21.1. The highest BCUT2D eigenvalue weighted by atomic mass is 35.5. The fourth-order valence-corrected chi connectivity index (χ4v) is 4.00. The number of halogens is 1. The Balaban J connectivity index is 1.39. The molecule has 0 aliphatic carbocycles. The number of carbonyl (C=O) groups is 1. The Morgan fingerprint density at radius 1 is 1.00 bits per heavy atom. The van der Waals surface area contributed by atoms with Crippen molar-refractivity contribution in [3.8, 4) is 5.75 Å². The van der Waals surface area contributed by atoms with Crippen molar-refractivity contribution in [3.05, 3.63) is 101 Å². The number of nitrogens with one attached hydrogen (secondary N) is 1. The van der Waals surface area contributed by atoms with Crippen molar-refractivity contribution in [2.45, 2.75) is 6.61 Å². The van der Waals surface area contributed by atoms with Crippen molar-refractivity contribution >= 4 is 39.6 Å². The molecule has 1 aliphatic rings. The summed E-state index contributed by atoms with van der Waals surface area (Å²) in [5.41, 5.74) is 4.89. The highest BCUT2D eigenvalue weighted by Crippen LogP contribution is 2.35. The van der Waals surface area contributed by atoms with Gasteiger partial charge in [0.05, 0.1) is 21.8 Å². The molecular weight excluding hydrogens is 410 g/mol. The third-order valence-corrected chi connectivity index (χ3v) is 5.54. The number of hydrogen-bond donors (Lipinski definition) is 1. The summed E-state index contributed by atoms with van der Waals surface area (Å²) in [5.74, 6) is 0.534. The fraction of sp³-hybridized carbons (Fsp3) is 0.0800. The van der Waals surface area contributed by atoms with E-state index in [0.717, 1.165) is 33.3 Å². The zero-order chi connectivity index (χ0) is 21.2. The van der Waals surface area contributed by atoms with E-state index in [4.69, 9.17) is 16.3 Å². The van der Waals surface area contributed by atoms with Crippen molar-refractivity contribution in [1.82, 2.24) is 15.3 Å². The molecule has 0 unspecified atom stereocenters. The summed E-state index contributed by atoms with van der Waals surface area (Å²) in [6.45, 7) is 0.767. The van der Waals surface area contributed by atoms with Gasteiger partial charge in [0.15, 0.2) is 0 Å². The number of ether oxygens (including phenoxy) is 1. The topological polar surface area (TPSA) is 64.1 Å². The van der Waals surface area contributed by atoms with Gasteiger partial charge in [-0.3, -0.25) is 9.78 Å². The lowest BCUT2D eigenvalue weighted by Crippen LogP contribution is -2.17. The summed E-state index contributed by atoms with van der Waals surface area (Å²) in [4.78, 5) is 21.1. The minimum absolute atomic E-state index is 0.111. The first-order chi connectivity index (χ1) is 15.2. The second kappa shape index (κ2) is 8.20. The second-order valence-corrected chi connectivity index (χ2v) is 7.60. The van der Waals surface area contributed by atoms with Crippen LogP contribution in [0.15, 0.2) is 79.1 Å². The van der Waals surface area contributed by atoms with Crippen LogP contribution in [0.4, 0.5) is 0 Å². The van der Waals surface area contributed by atoms with Crippen molar-refractivity contribution in [2.75, 3.05) is 6.54 Å². The van der Waals surface area contributed by atoms with Gasteiger partial charge >= 0.3 is 0 Å². The first-order valence-electron chi connectivity index (χ1n) is 9.88. The first-order valence-corrected chi connectivity index (χ1v) is 10.3. The molecule has 152 valence electrons. The fourth-order valence-electron chi connectivity index (χ4n) is 3.71. The molecule has 5 rings (SSSR count). The van der Waals surface area contributed by atoms with E-state index in [1.54, 1.807) is 18.5 Å². The number of hydrogen-bond acceptors (Lipinski definition) is 4. The second-order valence-electron chi connectivity index (χ2n) is 7.20. The van der Waals surface area contributed by atoms with E-state index in [-0.39, 0.29) is 5.91 Å². The maximum absolute atomic E-state index is 12.4. The quantitative estimate of drug-likeness (QED) is 0.492. The molecule has 1 aliphatic heterocycles. The van der Waals surface area contributed by atoms with Gasteiger partial charge in [-0.05, 0) is 59.2 Å². The Morgan fingerprint density at radius 3 is 2.68 bits per heavy atom. The number of rotatable bonds is 5. The zero-order valence-corrected chi connectivity index (χ0v) is 17.3. The SMILES string of the molecule is O=C1NCC(c2ccc(OCc3ccc4ccccc4n3)cc2Cl)=C1c1ccncc1. The molecule has 1 amide bonds. The average molecular weight is 428 g/mol. The summed E-state index contributed by atoms with van der Waals surface area (Å²) >= 11 is 6.59. The molecule has 6 heteroatoms. The van der Waals surface area contributed by atoms with Gasteiger partial charge in [-0.2, -0.15) is 0 Å². The molecule has 2 aromatic heterocycles. The number of aromatic nitrogens is 2. The van der Waals surface area contributed by atoms with Crippen molar-refractivity contribution in [3.63, 3.8) is 0 Å². The smallest absolute Gasteiger partial charge is 0.252 e. The summed E-state index contributed by atoms with van der Waals surface area (Å²) < 4.78 is 5.92. The molecule has 2 aromatic carbocycles. The van der Waals surface area contributed by atoms with Crippen LogP contribution in [0.5, 0.6) is 5.75 Å². The summed E-state index contributed by atoms with van der Waals surface area (Å²) in [7, 11) is 0. The van der Waals surface area contributed by atoms with Crippen LogP contribution in [0.3, 0.4) is 0 Å². The lowest BCUT2D eigenvalue weighted by molar-refractivity contribution is -0.114. The molecule has 0 bridgehead atoms. The minimum atomic E-state index is -0.111. The highest BCUT2D eigenvalue weighted by Gasteiger charge is 2.26. The van der Waals surface area contributed by atoms with Gasteiger partial charge in [0.1, 0.15) is 12.4 Å². The van der Waals surface area contributed by atoms with Crippen molar-refractivity contribution in [1.29, 1.82) is 0 Å². The molecule has 1 N–H and O–H groups in total. The maximum atomic E-state index is 12.4. The largest absolute Gasteiger partial charge is 0.487 e. The molecule has 0 saturated heterocycles. The Hall–Kier alpha value is -3.70. The van der Waals surface area contributed by atoms with E-state index in [1.165, 1.54) is 0 Å². The molecule has 0 saturated carbocycles. The van der Waals surface area contributed by atoms with Gasteiger partial charge in [0.2, 0.25) is 0 Å². The van der Waals surface area contributed by atoms with Crippen LogP contribution < -0.4 is 10.1 Å². The van der Waals surface area contributed by atoms with Crippen molar-refractivity contribution in [2.24, 2.45) is 0 Å². The molecule has 3 heterocycles.